The molecule has 0 aliphatic carbocycles. The topological polar surface area (TPSA) is 77.5 Å². The molecule has 2 heterocycles. The van der Waals surface area contributed by atoms with Crippen LogP contribution in [0.5, 0.6) is 0 Å². The van der Waals surface area contributed by atoms with Crippen LogP contribution in [0.15, 0.2) is 47.6 Å². The van der Waals surface area contributed by atoms with E-state index in [-0.39, 0.29) is 24.5 Å². The quantitative estimate of drug-likeness (QED) is 0.535. The lowest BCUT2D eigenvalue weighted by atomic mass is 9.96. The molecule has 1 N–H and O–H groups in total. The van der Waals surface area contributed by atoms with Crippen molar-refractivity contribution < 1.29 is 14.3 Å². The van der Waals surface area contributed by atoms with Crippen LogP contribution in [0.25, 0.3) is 0 Å². The molecule has 1 fully saturated rings. The first kappa shape index (κ1) is 29.1. The molecule has 0 radical (unpaired) electrons. The van der Waals surface area contributed by atoms with Crippen molar-refractivity contribution in [2.24, 2.45) is 5.10 Å². The standard InChI is InChI=1S/C30H40ClN5O3/c1-21-10-11-23(18-22(21)2)26-19-27(24-8-6-7-9-25(24)31)36(33-26)28(37)20-35(29(38)32-30(3,4)5)13-12-34-14-16-39-17-15-34/h6-11,18,27H,12-17,19-20H2,1-5H3,(H,32,38). The molecular formula is C30H40ClN5O3. The highest BCUT2D eigenvalue weighted by Gasteiger charge is 2.36. The minimum Gasteiger partial charge on any atom is -0.379 e. The van der Waals surface area contributed by atoms with Gasteiger partial charge in [-0.3, -0.25) is 9.69 Å². The van der Waals surface area contributed by atoms with Crippen LogP contribution in [0.3, 0.4) is 0 Å². The molecule has 0 spiro atoms. The lowest BCUT2D eigenvalue weighted by Crippen LogP contribution is -2.53. The summed E-state index contributed by atoms with van der Waals surface area (Å²) in [6.45, 7) is 13.9. The minimum absolute atomic E-state index is 0.0864. The molecule has 4 rings (SSSR count). The Kier molecular flexibility index (Phi) is 9.31. The predicted molar refractivity (Wildman–Crippen MR) is 155 cm³/mol. The molecule has 1 saturated heterocycles. The number of hydrogen-bond donors (Lipinski definition) is 1. The minimum atomic E-state index is -0.431. The van der Waals surface area contributed by atoms with E-state index in [0.29, 0.717) is 37.7 Å². The SMILES string of the molecule is Cc1ccc(C2=NN(C(=O)CN(CCN3CCOCC3)C(=O)NC(C)(C)C)C(c3ccccc3Cl)C2)cc1C. The van der Waals surface area contributed by atoms with Crippen molar-refractivity contribution in [1.82, 2.24) is 20.1 Å². The van der Waals surface area contributed by atoms with Gasteiger partial charge in [-0.2, -0.15) is 5.10 Å². The average molecular weight is 554 g/mol. The van der Waals surface area contributed by atoms with Crippen LogP contribution in [0.1, 0.15) is 55.5 Å². The Labute approximate surface area is 236 Å². The van der Waals surface area contributed by atoms with Gasteiger partial charge in [0.2, 0.25) is 0 Å². The van der Waals surface area contributed by atoms with Crippen LogP contribution in [0.4, 0.5) is 4.79 Å². The van der Waals surface area contributed by atoms with Crippen LogP contribution < -0.4 is 5.32 Å². The van der Waals surface area contributed by atoms with Crippen molar-refractivity contribution in [3.63, 3.8) is 0 Å². The fourth-order valence-corrected chi connectivity index (χ4v) is 5.06. The van der Waals surface area contributed by atoms with Crippen LogP contribution in [-0.2, 0) is 9.53 Å². The van der Waals surface area contributed by atoms with Gasteiger partial charge in [-0.15, -0.1) is 0 Å². The maximum atomic E-state index is 13.9. The number of hydrogen-bond acceptors (Lipinski definition) is 5. The summed E-state index contributed by atoms with van der Waals surface area (Å²) in [5, 5.41) is 9.95. The van der Waals surface area contributed by atoms with Gasteiger partial charge in [-0.05, 0) is 69.0 Å². The highest BCUT2D eigenvalue weighted by atomic mass is 35.5. The Hall–Kier alpha value is -2.94. The fourth-order valence-electron chi connectivity index (χ4n) is 4.80. The van der Waals surface area contributed by atoms with Gasteiger partial charge in [-0.1, -0.05) is 41.9 Å². The van der Waals surface area contributed by atoms with Gasteiger partial charge in [0.25, 0.3) is 5.91 Å². The number of rotatable bonds is 7. The van der Waals surface area contributed by atoms with E-state index >= 15 is 0 Å². The highest BCUT2D eigenvalue weighted by Crippen LogP contribution is 2.36. The molecule has 1 atom stereocenters. The van der Waals surface area contributed by atoms with E-state index in [1.165, 1.54) is 16.1 Å². The molecule has 0 bridgehead atoms. The van der Waals surface area contributed by atoms with Crippen molar-refractivity contribution in [3.8, 4) is 0 Å². The van der Waals surface area contributed by atoms with Gasteiger partial charge >= 0.3 is 6.03 Å². The number of urea groups is 1. The lowest BCUT2D eigenvalue weighted by molar-refractivity contribution is -0.133. The predicted octanol–water partition coefficient (Wildman–Crippen LogP) is 4.78. The normalized spacial score (nSPS) is 18.2. The molecule has 39 heavy (non-hydrogen) atoms. The molecule has 2 aromatic carbocycles. The molecule has 8 nitrogen and oxygen atoms in total. The maximum absolute atomic E-state index is 13.9. The van der Waals surface area contributed by atoms with Gasteiger partial charge < -0.3 is 15.0 Å². The third kappa shape index (κ3) is 7.59. The summed E-state index contributed by atoms with van der Waals surface area (Å²) >= 11 is 6.60. The number of aryl methyl sites for hydroxylation is 2. The smallest absolute Gasteiger partial charge is 0.318 e. The first-order valence-electron chi connectivity index (χ1n) is 13.6. The van der Waals surface area contributed by atoms with E-state index in [9.17, 15) is 9.59 Å². The first-order valence-corrected chi connectivity index (χ1v) is 14.0. The van der Waals surface area contributed by atoms with Crippen molar-refractivity contribution >= 4 is 29.3 Å². The second-order valence-corrected chi connectivity index (χ2v) is 11.8. The van der Waals surface area contributed by atoms with E-state index in [0.717, 1.165) is 29.9 Å². The van der Waals surface area contributed by atoms with Crippen molar-refractivity contribution in [1.29, 1.82) is 0 Å². The molecule has 210 valence electrons. The molecule has 9 heteroatoms. The summed E-state index contributed by atoms with van der Waals surface area (Å²) in [7, 11) is 0. The second-order valence-electron chi connectivity index (χ2n) is 11.4. The number of benzene rings is 2. The highest BCUT2D eigenvalue weighted by molar-refractivity contribution is 6.31. The Morgan fingerprint density at radius 3 is 2.49 bits per heavy atom. The Morgan fingerprint density at radius 1 is 1.10 bits per heavy atom. The largest absolute Gasteiger partial charge is 0.379 e. The number of carbonyl (C=O) groups is 2. The van der Waals surface area contributed by atoms with Gasteiger partial charge in [-0.25, -0.2) is 9.80 Å². The number of nitrogens with zero attached hydrogens (tertiary/aromatic N) is 4. The summed E-state index contributed by atoms with van der Waals surface area (Å²) < 4.78 is 5.45. The van der Waals surface area contributed by atoms with Gasteiger partial charge in [0, 0.05) is 43.2 Å². The molecule has 0 saturated carbocycles. The molecule has 1 unspecified atom stereocenters. The second kappa shape index (κ2) is 12.5. The number of morpholine rings is 1. The molecular weight excluding hydrogens is 514 g/mol. The molecule has 3 amide bonds. The summed E-state index contributed by atoms with van der Waals surface area (Å²) in [4.78, 5) is 31.0. The van der Waals surface area contributed by atoms with Gasteiger partial charge in [0.1, 0.15) is 6.54 Å². The number of ether oxygens (including phenoxy) is 1. The van der Waals surface area contributed by atoms with Crippen LogP contribution in [-0.4, -0.2) is 83.9 Å². The first-order chi connectivity index (χ1) is 18.5. The molecule has 2 aliphatic rings. The molecule has 0 aromatic heterocycles. The third-order valence-corrected chi connectivity index (χ3v) is 7.50. The summed E-state index contributed by atoms with van der Waals surface area (Å²) in [6.07, 6.45) is 0.542. The number of nitrogens with one attached hydrogen (secondary N) is 1. The summed E-state index contributed by atoms with van der Waals surface area (Å²) in [5.41, 5.74) is 4.60. The van der Waals surface area contributed by atoms with Crippen molar-refractivity contribution in [2.75, 3.05) is 45.9 Å². The van der Waals surface area contributed by atoms with E-state index in [1.807, 2.05) is 51.1 Å². The number of carbonyl (C=O) groups excluding carboxylic acids is 2. The zero-order valence-corrected chi connectivity index (χ0v) is 24.4. The molecule has 2 aromatic rings. The zero-order chi connectivity index (χ0) is 28.2. The monoisotopic (exact) mass is 553 g/mol. The van der Waals surface area contributed by atoms with E-state index in [1.54, 1.807) is 4.90 Å². The Morgan fingerprint density at radius 2 is 1.82 bits per heavy atom. The third-order valence-electron chi connectivity index (χ3n) is 7.16. The molecule has 2 aliphatic heterocycles. The number of hydrazone groups is 1. The average Bonchev–Trinajstić information content (AvgIpc) is 3.33. The Bertz CT molecular complexity index is 1220. The maximum Gasteiger partial charge on any atom is 0.318 e. The number of halogens is 1. The summed E-state index contributed by atoms with van der Waals surface area (Å²) in [5.74, 6) is -0.246. The lowest BCUT2D eigenvalue weighted by Gasteiger charge is -2.33. The summed E-state index contributed by atoms with van der Waals surface area (Å²) in [6, 6.07) is 13.2. The fraction of sp³-hybridized carbons (Fsp3) is 0.500. The van der Waals surface area contributed by atoms with E-state index < -0.39 is 5.54 Å². The van der Waals surface area contributed by atoms with Crippen LogP contribution in [0, 0.1) is 13.8 Å². The van der Waals surface area contributed by atoms with E-state index in [2.05, 4.69) is 36.2 Å². The van der Waals surface area contributed by atoms with Crippen LogP contribution >= 0.6 is 11.6 Å². The van der Waals surface area contributed by atoms with E-state index in [4.69, 9.17) is 21.4 Å². The van der Waals surface area contributed by atoms with Gasteiger partial charge in [0.15, 0.2) is 0 Å². The Balaban J connectivity index is 1.60. The van der Waals surface area contributed by atoms with Crippen LogP contribution in [0.2, 0.25) is 5.02 Å². The van der Waals surface area contributed by atoms with Crippen molar-refractivity contribution in [3.05, 3.63) is 69.7 Å². The van der Waals surface area contributed by atoms with Gasteiger partial charge in [0.05, 0.1) is 25.0 Å². The number of amides is 3. The zero-order valence-electron chi connectivity index (χ0n) is 23.7. The van der Waals surface area contributed by atoms with Crippen molar-refractivity contribution in [2.45, 2.75) is 52.6 Å².